The third-order valence-corrected chi connectivity index (χ3v) is 3.86. The molecule has 5 heteroatoms. The predicted molar refractivity (Wildman–Crippen MR) is 79.6 cm³/mol. The van der Waals surface area contributed by atoms with E-state index < -0.39 is 5.97 Å². The number of Topliss-reactive ketones (excluding diaryl/α,β-unsaturated/α-hetero) is 1. The van der Waals surface area contributed by atoms with Crippen LogP contribution in [0.1, 0.15) is 26.3 Å². The Hall–Kier alpha value is -2.58. The molecule has 0 aromatic heterocycles. The van der Waals surface area contributed by atoms with Gasteiger partial charge in [-0.1, -0.05) is 24.3 Å². The molecular weight excluding hydrogens is 286 g/mol. The van der Waals surface area contributed by atoms with Gasteiger partial charge in [-0.2, -0.15) is 5.26 Å². The lowest BCUT2D eigenvalue weighted by atomic mass is 10.1. The molecule has 1 N–H and O–H groups in total. The van der Waals surface area contributed by atoms with E-state index in [0.29, 0.717) is 16.0 Å². The van der Waals surface area contributed by atoms with E-state index in [0.717, 1.165) is 0 Å². The van der Waals surface area contributed by atoms with Crippen molar-refractivity contribution in [1.82, 2.24) is 0 Å². The van der Waals surface area contributed by atoms with E-state index in [9.17, 15) is 9.59 Å². The van der Waals surface area contributed by atoms with Crippen LogP contribution in [0.3, 0.4) is 0 Å². The lowest BCUT2D eigenvalue weighted by molar-refractivity contribution is 0.0692. The molecule has 2 rings (SSSR count). The fourth-order valence-electron chi connectivity index (χ4n) is 1.76. The largest absolute Gasteiger partial charge is 0.478 e. The lowest BCUT2D eigenvalue weighted by Gasteiger charge is -2.05. The molecule has 0 saturated heterocycles. The molecule has 0 radical (unpaired) electrons. The van der Waals surface area contributed by atoms with Crippen molar-refractivity contribution in [3.63, 3.8) is 0 Å². The van der Waals surface area contributed by atoms with Crippen LogP contribution in [0.2, 0.25) is 0 Å². The second kappa shape index (κ2) is 6.73. The van der Waals surface area contributed by atoms with Gasteiger partial charge in [-0.15, -0.1) is 11.8 Å². The summed E-state index contributed by atoms with van der Waals surface area (Å²) in [6, 6.07) is 15.0. The first kappa shape index (κ1) is 14.8. The van der Waals surface area contributed by atoms with E-state index in [1.54, 1.807) is 36.4 Å². The Bertz CT molecular complexity index is 734. The Kier molecular flexibility index (Phi) is 4.75. The first-order chi connectivity index (χ1) is 10.1. The van der Waals surface area contributed by atoms with E-state index in [1.165, 1.54) is 23.9 Å². The van der Waals surface area contributed by atoms with Crippen LogP contribution in [-0.4, -0.2) is 22.6 Å². The fraction of sp³-hybridized carbons (Fsp3) is 0.0625. The maximum absolute atomic E-state index is 12.1. The van der Waals surface area contributed by atoms with E-state index in [2.05, 4.69) is 0 Å². The zero-order valence-corrected chi connectivity index (χ0v) is 11.8. The number of aromatic carboxylic acids is 1. The summed E-state index contributed by atoms with van der Waals surface area (Å²) in [4.78, 5) is 23.7. The normalized spacial score (nSPS) is 9.86. The number of carboxylic acid groups (broad SMARTS) is 1. The number of hydrogen-bond donors (Lipinski definition) is 1. The average Bonchev–Trinajstić information content (AvgIpc) is 2.52. The second-order valence-electron chi connectivity index (χ2n) is 4.21. The summed E-state index contributed by atoms with van der Waals surface area (Å²) in [5.41, 5.74) is 1.06. The zero-order chi connectivity index (χ0) is 15.2. The molecule has 0 aliphatic heterocycles. The van der Waals surface area contributed by atoms with Crippen LogP contribution >= 0.6 is 11.8 Å². The first-order valence-electron chi connectivity index (χ1n) is 6.10. The van der Waals surface area contributed by atoms with Crippen molar-refractivity contribution >= 4 is 23.5 Å². The smallest absolute Gasteiger partial charge is 0.336 e. The van der Waals surface area contributed by atoms with Crippen LogP contribution in [0.5, 0.6) is 0 Å². The molecule has 0 spiro atoms. The maximum Gasteiger partial charge on any atom is 0.336 e. The molecule has 0 fully saturated rings. The van der Waals surface area contributed by atoms with Crippen molar-refractivity contribution in [1.29, 1.82) is 5.26 Å². The van der Waals surface area contributed by atoms with Gasteiger partial charge in [-0.25, -0.2) is 4.79 Å². The predicted octanol–water partition coefficient (Wildman–Crippen LogP) is 3.23. The molecular formula is C16H11NO3S. The molecule has 0 aliphatic rings. The quantitative estimate of drug-likeness (QED) is 0.677. The highest BCUT2D eigenvalue weighted by Crippen LogP contribution is 2.23. The SMILES string of the molecule is N#Cc1cccc(C(=O)CSc2ccccc2C(=O)O)c1. The Balaban J connectivity index is 2.11. The van der Waals surface area contributed by atoms with Gasteiger partial charge in [-0.05, 0) is 24.3 Å². The molecule has 0 bridgehead atoms. The number of carbonyl (C=O) groups excluding carboxylic acids is 1. The maximum atomic E-state index is 12.1. The van der Waals surface area contributed by atoms with Crippen LogP contribution in [0.4, 0.5) is 0 Å². The van der Waals surface area contributed by atoms with Gasteiger partial charge in [-0.3, -0.25) is 4.79 Å². The molecule has 4 nitrogen and oxygen atoms in total. The van der Waals surface area contributed by atoms with Crippen molar-refractivity contribution in [3.05, 3.63) is 65.2 Å². The number of carbonyl (C=O) groups is 2. The number of hydrogen-bond acceptors (Lipinski definition) is 4. The van der Waals surface area contributed by atoms with Gasteiger partial charge < -0.3 is 5.11 Å². The molecule has 104 valence electrons. The van der Waals surface area contributed by atoms with Crippen LogP contribution in [0, 0.1) is 11.3 Å². The van der Waals surface area contributed by atoms with Crippen LogP contribution < -0.4 is 0 Å². The average molecular weight is 297 g/mol. The Morgan fingerprint density at radius 3 is 2.62 bits per heavy atom. The Labute approximate surface area is 126 Å². The molecule has 0 amide bonds. The van der Waals surface area contributed by atoms with Gasteiger partial charge in [0.05, 0.1) is 22.9 Å². The number of ketones is 1. The van der Waals surface area contributed by atoms with Gasteiger partial charge in [0.25, 0.3) is 0 Å². The van der Waals surface area contributed by atoms with Gasteiger partial charge in [0, 0.05) is 10.5 Å². The summed E-state index contributed by atoms with van der Waals surface area (Å²) in [5.74, 6) is -1.03. The van der Waals surface area contributed by atoms with E-state index in [1.807, 2.05) is 6.07 Å². The number of thioether (sulfide) groups is 1. The standard InChI is InChI=1S/C16H11NO3S/c17-9-11-4-3-5-12(8-11)14(18)10-21-15-7-2-1-6-13(15)16(19)20/h1-8H,10H2,(H,19,20). The molecule has 0 heterocycles. The fourth-order valence-corrected chi connectivity index (χ4v) is 2.70. The minimum atomic E-state index is -1.02. The molecule has 0 unspecified atom stereocenters. The number of benzene rings is 2. The van der Waals surface area contributed by atoms with Crippen LogP contribution in [0.15, 0.2) is 53.4 Å². The first-order valence-corrected chi connectivity index (χ1v) is 7.09. The molecule has 0 atom stereocenters. The second-order valence-corrected chi connectivity index (χ2v) is 5.22. The highest BCUT2D eigenvalue weighted by molar-refractivity contribution is 8.00. The van der Waals surface area contributed by atoms with Gasteiger partial charge in [0.1, 0.15) is 0 Å². The summed E-state index contributed by atoms with van der Waals surface area (Å²) in [5, 5.41) is 17.9. The van der Waals surface area contributed by atoms with Gasteiger partial charge in [0.15, 0.2) is 5.78 Å². The van der Waals surface area contributed by atoms with Gasteiger partial charge >= 0.3 is 5.97 Å². The zero-order valence-electron chi connectivity index (χ0n) is 10.9. The van der Waals surface area contributed by atoms with Crippen LogP contribution in [0.25, 0.3) is 0 Å². The van der Waals surface area contributed by atoms with Gasteiger partial charge in [0.2, 0.25) is 0 Å². The van der Waals surface area contributed by atoms with Crippen molar-refractivity contribution in [2.45, 2.75) is 4.90 Å². The van der Waals surface area contributed by atoms with Crippen molar-refractivity contribution < 1.29 is 14.7 Å². The molecule has 2 aromatic rings. The Morgan fingerprint density at radius 2 is 1.90 bits per heavy atom. The molecule has 21 heavy (non-hydrogen) atoms. The minimum absolute atomic E-state index is 0.124. The number of rotatable bonds is 5. The van der Waals surface area contributed by atoms with Crippen molar-refractivity contribution in [2.24, 2.45) is 0 Å². The number of carboxylic acids is 1. The molecule has 0 saturated carbocycles. The highest BCUT2D eigenvalue weighted by Gasteiger charge is 2.12. The minimum Gasteiger partial charge on any atom is -0.478 e. The molecule has 0 aliphatic carbocycles. The number of nitriles is 1. The topological polar surface area (TPSA) is 78.2 Å². The summed E-state index contributed by atoms with van der Waals surface area (Å²) < 4.78 is 0. The monoisotopic (exact) mass is 297 g/mol. The van der Waals surface area contributed by atoms with E-state index in [-0.39, 0.29) is 17.1 Å². The lowest BCUT2D eigenvalue weighted by Crippen LogP contribution is -2.04. The van der Waals surface area contributed by atoms with E-state index in [4.69, 9.17) is 10.4 Å². The summed E-state index contributed by atoms with van der Waals surface area (Å²) in [7, 11) is 0. The highest BCUT2D eigenvalue weighted by atomic mass is 32.2. The van der Waals surface area contributed by atoms with Crippen molar-refractivity contribution in [3.8, 4) is 6.07 Å². The number of nitrogens with zero attached hydrogens (tertiary/aromatic N) is 1. The van der Waals surface area contributed by atoms with Crippen LogP contribution in [-0.2, 0) is 0 Å². The summed E-state index contributed by atoms with van der Waals surface area (Å²) in [6.07, 6.45) is 0. The third kappa shape index (κ3) is 3.71. The van der Waals surface area contributed by atoms with E-state index >= 15 is 0 Å². The van der Waals surface area contributed by atoms with Crippen molar-refractivity contribution in [2.75, 3.05) is 5.75 Å². The molecule has 2 aromatic carbocycles. The third-order valence-electron chi connectivity index (χ3n) is 2.79. The summed E-state index contributed by atoms with van der Waals surface area (Å²) >= 11 is 1.18. The Morgan fingerprint density at radius 1 is 1.14 bits per heavy atom. The summed E-state index contributed by atoms with van der Waals surface area (Å²) in [6.45, 7) is 0.